The molecule has 4 aromatic carbocycles. The highest BCUT2D eigenvalue weighted by molar-refractivity contribution is 7.99. The minimum absolute atomic E-state index is 0.0188. The number of carbonyl (C=O) groups is 2. The van der Waals surface area contributed by atoms with Gasteiger partial charge in [0.15, 0.2) is 6.29 Å². The van der Waals surface area contributed by atoms with Gasteiger partial charge in [-0.1, -0.05) is 102 Å². The van der Waals surface area contributed by atoms with Crippen LogP contribution in [-0.4, -0.2) is 19.0 Å². The molecule has 0 saturated carbocycles. The number of alkyl carbamates (subject to hydrolysis) is 1. The molecular formula is C29H21Cl2NO3S. The molecule has 0 heterocycles. The molecule has 4 aromatic rings. The topological polar surface area (TPSA) is 55.4 Å². The predicted molar refractivity (Wildman–Crippen MR) is 144 cm³/mol. The fourth-order valence-electron chi connectivity index (χ4n) is 4.46. The second-order valence-corrected chi connectivity index (χ2v) is 10.2. The number of fused-ring (bicyclic) bond motifs is 3. The molecule has 0 unspecified atom stereocenters. The number of benzene rings is 4. The van der Waals surface area contributed by atoms with Gasteiger partial charge >= 0.3 is 6.09 Å². The lowest BCUT2D eigenvalue weighted by atomic mass is 9.98. The number of aldehydes is 1. The molecule has 36 heavy (non-hydrogen) atoms. The molecule has 0 aromatic heterocycles. The fraction of sp³-hybridized carbons (Fsp3) is 0.103. The Bertz CT molecular complexity index is 1410. The molecule has 0 fully saturated rings. The SMILES string of the molecule is O=Cc1ccccc1Sc1c(Cl)cc(Cl)cc1CNC(=O)OCC1c2ccccc2-c2ccccc21. The van der Waals surface area contributed by atoms with Gasteiger partial charge in [0, 0.05) is 32.8 Å². The summed E-state index contributed by atoms with van der Waals surface area (Å²) in [6.45, 7) is 0.396. The molecular weight excluding hydrogens is 513 g/mol. The van der Waals surface area contributed by atoms with Crippen LogP contribution < -0.4 is 5.32 Å². The van der Waals surface area contributed by atoms with E-state index >= 15 is 0 Å². The number of halogens is 2. The lowest BCUT2D eigenvalue weighted by Crippen LogP contribution is -2.26. The van der Waals surface area contributed by atoms with Crippen LogP contribution in [0.5, 0.6) is 0 Å². The normalized spacial score (nSPS) is 12.1. The maximum absolute atomic E-state index is 12.7. The Hall–Kier alpha value is -3.25. The minimum atomic E-state index is -0.530. The van der Waals surface area contributed by atoms with E-state index in [4.69, 9.17) is 27.9 Å². The summed E-state index contributed by atoms with van der Waals surface area (Å²) in [6, 6.07) is 27.0. The Labute approximate surface area is 223 Å². The van der Waals surface area contributed by atoms with E-state index in [1.165, 1.54) is 22.9 Å². The molecule has 7 heteroatoms. The van der Waals surface area contributed by atoms with Crippen LogP contribution in [0.25, 0.3) is 11.1 Å². The molecule has 0 bridgehead atoms. The van der Waals surface area contributed by atoms with Gasteiger partial charge in [0.2, 0.25) is 0 Å². The van der Waals surface area contributed by atoms with Crippen molar-refractivity contribution in [1.29, 1.82) is 0 Å². The summed E-state index contributed by atoms with van der Waals surface area (Å²) in [5, 5.41) is 3.72. The van der Waals surface area contributed by atoms with Gasteiger partial charge in [-0.25, -0.2) is 4.79 Å². The van der Waals surface area contributed by atoms with Crippen LogP contribution in [0, 0.1) is 0 Å². The van der Waals surface area contributed by atoms with Crippen LogP contribution in [0.3, 0.4) is 0 Å². The summed E-state index contributed by atoms with van der Waals surface area (Å²) in [5.41, 5.74) is 5.94. The van der Waals surface area contributed by atoms with Crippen LogP contribution in [0.2, 0.25) is 10.0 Å². The number of ether oxygens (including phenoxy) is 1. The molecule has 180 valence electrons. The van der Waals surface area contributed by atoms with Crippen molar-refractivity contribution in [2.24, 2.45) is 0 Å². The Morgan fingerprint density at radius 2 is 1.56 bits per heavy atom. The molecule has 4 nitrogen and oxygen atoms in total. The highest BCUT2D eigenvalue weighted by atomic mass is 35.5. The van der Waals surface area contributed by atoms with E-state index in [-0.39, 0.29) is 19.1 Å². The van der Waals surface area contributed by atoms with Gasteiger partial charge in [-0.15, -0.1) is 0 Å². The molecule has 1 amide bonds. The van der Waals surface area contributed by atoms with Crippen LogP contribution >= 0.6 is 35.0 Å². The van der Waals surface area contributed by atoms with Crippen molar-refractivity contribution in [2.45, 2.75) is 22.3 Å². The summed E-state index contributed by atoms with van der Waals surface area (Å²) in [4.78, 5) is 25.6. The predicted octanol–water partition coefficient (Wildman–Crippen LogP) is 8.00. The average Bonchev–Trinajstić information content (AvgIpc) is 3.22. The van der Waals surface area contributed by atoms with Gasteiger partial charge in [0.1, 0.15) is 6.61 Å². The summed E-state index contributed by atoms with van der Waals surface area (Å²) < 4.78 is 5.65. The molecule has 1 aliphatic carbocycles. The molecule has 0 atom stereocenters. The third kappa shape index (κ3) is 5.00. The summed E-state index contributed by atoms with van der Waals surface area (Å²) in [6.07, 6.45) is 0.276. The van der Waals surface area contributed by atoms with Gasteiger partial charge in [-0.05, 0) is 46.0 Å². The van der Waals surface area contributed by atoms with E-state index in [0.717, 1.165) is 27.9 Å². The first-order valence-electron chi connectivity index (χ1n) is 11.3. The third-order valence-electron chi connectivity index (χ3n) is 6.11. The molecule has 1 N–H and O–H groups in total. The Morgan fingerprint density at radius 3 is 2.25 bits per heavy atom. The van der Waals surface area contributed by atoms with Crippen molar-refractivity contribution in [3.05, 3.63) is 117 Å². The Morgan fingerprint density at radius 1 is 0.917 bits per heavy atom. The van der Waals surface area contributed by atoms with Crippen molar-refractivity contribution in [1.82, 2.24) is 5.32 Å². The van der Waals surface area contributed by atoms with Crippen LogP contribution in [0.15, 0.2) is 94.7 Å². The lowest BCUT2D eigenvalue weighted by Gasteiger charge is -2.16. The third-order valence-corrected chi connectivity index (χ3v) is 8.02. The van der Waals surface area contributed by atoms with Crippen LogP contribution in [0.4, 0.5) is 4.79 Å². The number of amides is 1. The maximum atomic E-state index is 12.7. The van der Waals surface area contributed by atoms with Crippen molar-refractivity contribution < 1.29 is 14.3 Å². The average molecular weight is 534 g/mol. The molecule has 0 radical (unpaired) electrons. The van der Waals surface area contributed by atoms with E-state index in [1.54, 1.807) is 24.3 Å². The largest absolute Gasteiger partial charge is 0.449 e. The van der Waals surface area contributed by atoms with Gasteiger partial charge in [0.05, 0.1) is 5.02 Å². The molecule has 0 saturated heterocycles. The van der Waals surface area contributed by atoms with E-state index in [1.807, 2.05) is 36.4 Å². The highest BCUT2D eigenvalue weighted by Gasteiger charge is 2.29. The Kier molecular flexibility index (Phi) is 7.33. The molecule has 1 aliphatic rings. The second-order valence-electron chi connectivity index (χ2n) is 8.31. The molecule has 0 aliphatic heterocycles. The van der Waals surface area contributed by atoms with Gasteiger partial charge in [-0.2, -0.15) is 0 Å². The smallest absolute Gasteiger partial charge is 0.407 e. The zero-order chi connectivity index (χ0) is 25.1. The quantitative estimate of drug-likeness (QED) is 0.244. The van der Waals surface area contributed by atoms with E-state index in [0.29, 0.717) is 20.5 Å². The first kappa shape index (κ1) is 24.4. The van der Waals surface area contributed by atoms with Crippen LogP contribution in [-0.2, 0) is 11.3 Å². The Balaban J connectivity index is 1.29. The molecule has 5 rings (SSSR count). The van der Waals surface area contributed by atoms with Crippen LogP contribution in [0.1, 0.15) is 33.0 Å². The fourth-order valence-corrected chi connectivity index (χ4v) is 6.13. The van der Waals surface area contributed by atoms with Gasteiger partial charge in [-0.3, -0.25) is 4.79 Å². The second kappa shape index (κ2) is 10.8. The number of hydrogen-bond acceptors (Lipinski definition) is 4. The van der Waals surface area contributed by atoms with Crippen molar-refractivity contribution in [3.63, 3.8) is 0 Å². The summed E-state index contributed by atoms with van der Waals surface area (Å²) >= 11 is 14.1. The van der Waals surface area contributed by atoms with Crippen molar-refractivity contribution >= 4 is 47.3 Å². The van der Waals surface area contributed by atoms with E-state index < -0.39 is 6.09 Å². The monoisotopic (exact) mass is 533 g/mol. The zero-order valence-corrected chi connectivity index (χ0v) is 21.4. The summed E-state index contributed by atoms with van der Waals surface area (Å²) in [5.74, 6) is -0.0188. The van der Waals surface area contributed by atoms with Crippen molar-refractivity contribution in [2.75, 3.05) is 6.61 Å². The lowest BCUT2D eigenvalue weighted by molar-refractivity contribution is 0.112. The zero-order valence-electron chi connectivity index (χ0n) is 19.0. The molecule has 0 spiro atoms. The number of carbonyl (C=O) groups excluding carboxylic acids is 2. The minimum Gasteiger partial charge on any atom is -0.449 e. The maximum Gasteiger partial charge on any atom is 0.407 e. The summed E-state index contributed by atoms with van der Waals surface area (Å²) in [7, 11) is 0. The van der Waals surface area contributed by atoms with Gasteiger partial charge in [0.25, 0.3) is 0 Å². The number of nitrogens with one attached hydrogen (secondary N) is 1. The van der Waals surface area contributed by atoms with Gasteiger partial charge < -0.3 is 10.1 Å². The first-order chi connectivity index (χ1) is 17.5. The standard InChI is InChI=1S/C29H21Cl2NO3S/c30-20-13-19(28(26(31)14-20)36-27-12-6-1-7-18(27)16-33)15-32-29(34)35-17-25-23-10-4-2-8-21(23)22-9-3-5-11-24(22)25/h1-14,16,25H,15,17H2,(H,32,34). The van der Waals surface area contributed by atoms with Crippen molar-refractivity contribution in [3.8, 4) is 11.1 Å². The number of hydrogen-bond donors (Lipinski definition) is 1. The number of rotatable bonds is 7. The van der Waals surface area contributed by atoms with E-state index in [9.17, 15) is 9.59 Å². The first-order valence-corrected chi connectivity index (χ1v) is 12.9. The van der Waals surface area contributed by atoms with E-state index in [2.05, 4.69) is 29.6 Å². The highest BCUT2D eigenvalue weighted by Crippen LogP contribution is 2.44.